The van der Waals surface area contributed by atoms with Gasteiger partial charge in [-0.05, 0) is 42.8 Å². The van der Waals surface area contributed by atoms with Crippen molar-refractivity contribution in [1.29, 1.82) is 0 Å². The molecule has 0 bridgehead atoms. The standard InChI is InChI=1S/C44H63N13O14S/c45-12-25-32(60)34(62)29(50)41(66-25)69-37-23(49)11-22(48)31(59)39(37)71-43-36(64)38(70-42-30(51)35(63)33(61)26(13-46)67-42)27(68-43)15-57-14-21(55-56-57)9-10-28(58)52-20-7-3-17(4-8-20)24-16-72-44(53-24)54-40(65)18-1-5-19(47)6-2-18/h1-8,14,16,22-23,25-27,29-39,41-43,59-64H,9-13,15,45-51H2,(H,52,58)(H,53,54,65)/t22-,23+,25-,26+,27-,29-,30-,31+,32-,33-,34-,35-,36-,37-,38-,39-,41-,42-,43+/m1/s1. The molecule has 2 amide bonds. The summed E-state index contributed by atoms with van der Waals surface area (Å²) < 4.78 is 37.9. The number of nitrogens with zero attached hydrogens (tertiary/aromatic N) is 4. The molecule has 0 unspecified atom stereocenters. The maximum Gasteiger partial charge on any atom is 0.257 e. The third-order valence-corrected chi connectivity index (χ3v) is 13.9. The second kappa shape index (κ2) is 23.2. The number of benzene rings is 2. The van der Waals surface area contributed by atoms with Crippen LogP contribution in [0.1, 0.15) is 28.9 Å². The Morgan fingerprint density at radius 2 is 1.31 bits per heavy atom. The van der Waals surface area contributed by atoms with Gasteiger partial charge in [-0.25, -0.2) is 9.67 Å². The highest BCUT2D eigenvalue weighted by molar-refractivity contribution is 7.14. The maximum absolute atomic E-state index is 13.1. The minimum atomic E-state index is -1.67. The number of aromatic nitrogens is 4. The molecule has 72 heavy (non-hydrogen) atoms. The summed E-state index contributed by atoms with van der Waals surface area (Å²) in [7, 11) is 0. The SMILES string of the molecule is NC[C@@H]1O[C@H](O[C@H]2[C@@H](O)[C@H](O[C@@H]3[C@@H](O)[C@H](N)C[C@H](N)[C@H]3O[C@H]3O[C@H](CN)[C@@H](O)[C@H](O)[C@H]3N)O[C@@H]2Cn2cc(CCC(=O)Nc3ccc(-c4csc(NC(=O)c5ccc(N)cc5)n4)cc3)nn2)[C@H](N)[C@@H](O)[C@@H]1O. The molecule has 4 aromatic rings. The zero-order valence-corrected chi connectivity index (χ0v) is 39.5. The Labute approximate surface area is 415 Å². The zero-order chi connectivity index (χ0) is 51.5. The topological polar surface area (TPSA) is 461 Å². The van der Waals surface area contributed by atoms with E-state index >= 15 is 0 Å². The molecule has 22 N–H and O–H groups in total. The summed E-state index contributed by atoms with van der Waals surface area (Å²) in [6.07, 6.45) is -18.9. The lowest BCUT2D eigenvalue weighted by molar-refractivity contribution is -0.306. The van der Waals surface area contributed by atoms with E-state index in [0.29, 0.717) is 33.5 Å². The normalized spacial score (nSPS) is 36.0. The molecule has 2 aromatic heterocycles. The molecular weight excluding hydrogens is 967 g/mol. The molecule has 27 nitrogen and oxygen atoms in total. The molecular formula is C44H63N13O14S. The van der Waals surface area contributed by atoms with E-state index in [1.807, 2.05) is 0 Å². The number of thiazole rings is 1. The smallest absolute Gasteiger partial charge is 0.257 e. The number of aryl methyl sites for hydroxylation is 1. The molecule has 19 atom stereocenters. The number of anilines is 3. The lowest BCUT2D eigenvalue weighted by atomic mass is 9.84. The quantitative estimate of drug-likeness (QED) is 0.0440. The number of amides is 2. The minimum Gasteiger partial charge on any atom is -0.399 e. The Morgan fingerprint density at radius 1 is 0.708 bits per heavy atom. The number of nitrogen functional groups attached to an aromatic ring is 1. The number of carbonyl (C=O) groups is 2. The van der Waals surface area contributed by atoms with Crippen molar-refractivity contribution in [3.63, 3.8) is 0 Å². The van der Waals surface area contributed by atoms with E-state index in [0.717, 1.165) is 5.56 Å². The van der Waals surface area contributed by atoms with Crippen LogP contribution in [-0.2, 0) is 46.2 Å². The number of nitrogens with one attached hydrogen (secondary N) is 2. The first-order valence-electron chi connectivity index (χ1n) is 23.3. The Kier molecular flexibility index (Phi) is 17.2. The fraction of sp³-hybridized carbons (Fsp3) is 0.568. The van der Waals surface area contributed by atoms with E-state index in [4.69, 9.17) is 68.6 Å². The summed E-state index contributed by atoms with van der Waals surface area (Å²) in [6.45, 7) is -0.545. The van der Waals surface area contributed by atoms with E-state index in [1.165, 1.54) is 16.0 Å². The van der Waals surface area contributed by atoms with Gasteiger partial charge in [0.15, 0.2) is 24.0 Å². The van der Waals surface area contributed by atoms with Crippen LogP contribution >= 0.6 is 11.3 Å². The fourth-order valence-electron chi connectivity index (χ4n) is 8.93. The van der Waals surface area contributed by atoms with Gasteiger partial charge in [0.1, 0.15) is 67.1 Å². The van der Waals surface area contributed by atoms with E-state index in [-0.39, 0.29) is 50.7 Å². The van der Waals surface area contributed by atoms with Crippen LogP contribution in [-0.4, -0.2) is 192 Å². The first kappa shape index (κ1) is 53.5. The zero-order valence-electron chi connectivity index (χ0n) is 38.7. The van der Waals surface area contributed by atoms with Gasteiger partial charge < -0.3 is 105 Å². The average molecular weight is 1030 g/mol. The highest BCUT2D eigenvalue weighted by Crippen LogP contribution is 2.35. The Bertz CT molecular complexity index is 2420. The maximum atomic E-state index is 13.1. The van der Waals surface area contributed by atoms with Gasteiger partial charge in [0.2, 0.25) is 5.91 Å². The lowest BCUT2D eigenvalue weighted by Gasteiger charge is -2.47. The number of hydrogen-bond acceptors (Lipinski definition) is 25. The molecule has 0 spiro atoms. The van der Waals surface area contributed by atoms with Crippen LogP contribution in [0, 0.1) is 0 Å². The molecule has 8 rings (SSSR count). The average Bonchev–Trinajstić information content (AvgIpc) is 4.10. The van der Waals surface area contributed by atoms with Crippen LogP contribution < -0.4 is 50.8 Å². The molecule has 394 valence electrons. The van der Waals surface area contributed by atoms with Gasteiger partial charge in [-0.3, -0.25) is 14.9 Å². The Balaban J connectivity index is 0.912. The minimum absolute atomic E-state index is 0.0255. The molecule has 28 heteroatoms. The lowest BCUT2D eigenvalue weighted by Crippen LogP contribution is -2.68. The molecule has 0 radical (unpaired) electrons. The van der Waals surface area contributed by atoms with Crippen molar-refractivity contribution >= 4 is 39.7 Å². The summed E-state index contributed by atoms with van der Waals surface area (Å²) >= 11 is 1.27. The summed E-state index contributed by atoms with van der Waals surface area (Å²) in [5.74, 6) is -0.625. The van der Waals surface area contributed by atoms with Crippen LogP contribution in [0.3, 0.4) is 0 Å². The number of rotatable bonds is 17. The predicted molar refractivity (Wildman–Crippen MR) is 255 cm³/mol. The first-order chi connectivity index (χ1) is 34.4. The number of hydrogen-bond donors (Lipinski definition) is 15. The predicted octanol–water partition coefficient (Wildman–Crippen LogP) is -5.07. The van der Waals surface area contributed by atoms with E-state index in [9.17, 15) is 40.2 Å². The van der Waals surface area contributed by atoms with Gasteiger partial charge >= 0.3 is 0 Å². The van der Waals surface area contributed by atoms with E-state index in [2.05, 4.69) is 25.9 Å². The number of ether oxygens (including phenoxy) is 6. The highest BCUT2D eigenvalue weighted by atomic mass is 32.1. The van der Waals surface area contributed by atoms with Crippen LogP contribution in [0.25, 0.3) is 11.3 Å². The monoisotopic (exact) mass is 1030 g/mol. The van der Waals surface area contributed by atoms with Gasteiger partial charge in [-0.15, -0.1) is 16.4 Å². The van der Waals surface area contributed by atoms with Crippen LogP contribution in [0.5, 0.6) is 0 Å². The Morgan fingerprint density at radius 3 is 1.93 bits per heavy atom. The van der Waals surface area contributed by atoms with Crippen molar-refractivity contribution in [2.75, 3.05) is 29.5 Å². The van der Waals surface area contributed by atoms with Crippen molar-refractivity contribution in [3.05, 3.63) is 71.4 Å². The first-order valence-corrected chi connectivity index (χ1v) is 24.2. The van der Waals surface area contributed by atoms with E-state index < -0.39 is 116 Å². The van der Waals surface area contributed by atoms with Gasteiger partial charge in [-0.1, -0.05) is 17.3 Å². The van der Waals surface area contributed by atoms with Crippen LogP contribution in [0.2, 0.25) is 0 Å². The summed E-state index contributed by atoms with van der Waals surface area (Å²) in [5.41, 5.74) is 45.8. The summed E-state index contributed by atoms with van der Waals surface area (Å²) in [4.78, 5) is 30.2. The van der Waals surface area contributed by atoms with Crippen LogP contribution in [0.15, 0.2) is 60.1 Å². The van der Waals surface area contributed by atoms with Gasteiger partial charge in [0, 0.05) is 72.1 Å². The molecule has 1 aliphatic carbocycles. The second-order valence-electron chi connectivity index (χ2n) is 18.2. The molecule has 4 fully saturated rings. The molecule has 3 saturated heterocycles. The molecule has 2 aromatic carbocycles. The van der Waals surface area contributed by atoms with Crippen LogP contribution in [0.4, 0.5) is 16.5 Å². The van der Waals surface area contributed by atoms with Gasteiger partial charge in [-0.2, -0.15) is 0 Å². The molecule has 4 aliphatic rings. The summed E-state index contributed by atoms with van der Waals surface area (Å²) in [6, 6.07) is 9.13. The van der Waals surface area contributed by atoms with Crippen molar-refractivity contribution in [3.8, 4) is 11.3 Å². The second-order valence-corrected chi connectivity index (χ2v) is 19.1. The van der Waals surface area contributed by atoms with Gasteiger partial charge in [0.05, 0.1) is 36.1 Å². The number of aliphatic hydroxyl groups excluding tert-OH is 6. The third-order valence-electron chi connectivity index (χ3n) is 13.1. The molecule has 5 heterocycles. The fourth-order valence-corrected chi connectivity index (χ4v) is 9.64. The van der Waals surface area contributed by atoms with Crippen molar-refractivity contribution in [2.24, 2.45) is 34.4 Å². The number of nitrogens with two attached hydrogens (primary N) is 7. The summed E-state index contributed by atoms with van der Waals surface area (Å²) in [5, 5.41) is 81.9. The van der Waals surface area contributed by atoms with E-state index in [1.54, 1.807) is 60.1 Å². The Hall–Kier alpha value is -4.77. The van der Waals surface area contributed by atoms with Crippen molar-refractivity contribution < 1.29 is 68.6 Å². The molecule has 1 saturated carbocycles. The van der Waals surface area contributed by atoms with Crippen molar-refractivity contribution in [1.82, 2.24) is 20.0 Å². The van der Waals surface area contributed by atoms with Crippen molar-refractivity contribution in [2.45, 2.75) is 142 Å². The number of aliphatic hydroxyl groups is 6. The molecule has 3 aliphatic heterocycles. The number of carbonyl (C=O) groups excluding carboxylic acids is 2. The highest BCUT2D eigenvalue weighted by Gasteiger charge is 2.54. The van der Waals surface area contributed by atoms with Gasteiger partial charge in [0.25, 0.3) is 5.91 Å². The third kappa shape index (κ3) is 11.9. The largest absolute Gasteiger partial charge is 0.399 e.